The van der Waals surface area contributed by atoms with Crippen LogP contribution in [0.1, 0.15) is 64.9 Å². The largest absolute Gasteiger partial charge is 0.479 e. The van der Waals surface area contributed by atoms with E-state index in [-0.39, 0.29) is 11.4 Å². The first kappa shape index (κ1) is 13.9. The van der Waals surface area contributed by atoms with Crippen molar-refractivity contribution in [1.82, 2.24) is 9.97 Å². The quantitative estimate of drug-likeness (QED) is 0.782. The summed E-state index contributed by atoms with van der Waals surface area (Å²) < 4.78 is 0. The molecule has 1 rings (SSSR count). The lowest BCUT2D eigenvalue weighted by Gasteiger charge is -2.29. The van der Waals surface area contributed by atoms with E-state index in [1.807, 2.05) is 0 Å². The SMILES string of the molecule is CCCCC(C)(CCCC)c1cnc(O)nc1. The lowest BCUT2D eigenvalue weighted by molar-refractivity contribution is 0.368. The zero-order chi connectivity index (χ0) is 12.7. The van der Waals surface area contributed by atoms with Crippen molar-refractivity contribution in [1.29, 1.82) is 0 Å². The average molecular weight is 236 g/mol. The first-order valence-electron chi connectivity index (χ1n) is 6.64. The lowest BCUT2D eigenvalue weighted by atomic mass is 9.75. The predicted molar refractivity (Wildman–Crippen MR) is 70.1 cm³/mol. The van der Waals surface area contributed by atoms with Crippen LogP contribution in [0, 0.1) is 0 Å². The van der Waals surface area contributed by atoms with Gasteiger partial charge in [0.05, 0.1) is 0 Å². The number of aromatic hydroxyl groups is 1. The summed E-state index contributed by atoms with van der Waals surface area (Å²) in [5.41, 5.74) is 1.30. The molecule has 0 atom stereocenters. The summed E-state index contributed by atoms with van der Waals surface area (Å²) in [6.45, 7) is 6.72. The summed E-state index contributed by atoms with van der Waals surface area (Å²) in [7, 11) is 0. The van der Waals surface area contributed by atoms with Gasteiger partial charge < -0.3 is 5.11 Å². The van der Waals surface area contributed by atoms with Crippen LogP contribution in [0.4, 0.5) is 0 Å². The Labute approximate surface area is 104 Å². The number of aromatic nitrogens is 2. The lowest BCUT2D eigenvalue weighted by Crippen LogP contribution is -2.22. The Bertz CT molecular complexity index is 313. The molecule has 3 heteroatoms. The van der Waals surface area contributed by atoms with E-state index in [1.165, 1.54) is 25.7 Å². The standard InChI is InChI=1S/C14H24N2O/c1-4-6-8-14(3,9-7-5-2)12-10-15-13(17)16-11-12/h10-11H,4-9H2,1-3H3,(H,15,16,17). The highest BCUT2D eigenvalue weighted by molar-refractivity contribution is 5.19. The Kier molecular flexibility index (Phi) is 5.39. The molecule has 96 valence electrons. The fraction of sp³-hybridized carbons (Fsp3) is 0.714. The molecule has 1 N–H and O–H groups in total. The molecule has 0 amide bonds. The van der Waals surface area contributed by atoms with Crippen LogP contribution < -0.4 is 0 Å². The molecule has 17 heavy (non-hydrogen) atoms. The molecular formula is C14H24N2O. The molecule has 0 fully saturated rings. The van der Waals surface area contributed by atoms with Crippen LogP contribution in [-0.4, -0.2) is 15.1 Å². The molecule has 1 aromatic heterocycles. The third-order valence-electron chi connectivity index (χ3n) is 3.50. The Hall–Kier alpha value is -1.12. The van der Waals surface area contributed by atoms with Gasteiger partial charge in [-0.15, -0.1) is 0 Å². The maximum atomic E-state index is 9.15. The van der Waals surface area contributed by atoms with Gasteiger partial charge in [0.2, 0.25) is 0 Å². The van der Waals surface area contributed by atoms with E-state index in [0.29, 0.717) is 0 Å². The second-order valence-corrected chi connectivity index (χ2v) is 5.04. The highest BCUT2D eigenvalue weighted by Gasteiger charge is 2.26. The molecule has 0 unspecified atom stereocenters. The minimum absolute atomic E-state index is 0.137. The van der Waals surface area contributed by atoms with Crippen LogP contribution >= 0.6 is 0 Å². The van der Waals surface area contributed by atoms with Crippen molar-refractivity contribution in [2.75, 3.05) is 0 Å². The van der Waals surface area contributed by atoms with E-state index >= 15 is 0 Å². The molecule has 0 aliphatic rings. The number of hydrogen-bond donors (Lipinski definition) is 1. The number of rotatable bonds is 7. The summed E-state index contributed by atoms with van der Waals surface area (Å²) in [6.07, 6.45) is 10.7. The first-order valence-corrected chi connectivity index (χ1v) is 6.64. The van der Waals surface area contributed by atoms with Crippen molar-refractivity contribution in [3.63, 3.8) is 0 Å². The molecule has 0 aliphatic heterocycles. The zero-order valence-electron chi connectivity index (χ0n) is 11.2. The van der Waals surface area contributed by atoms with Gasteiger partial charge in [0, 0.05) is 12.4 Å². The highest BCUT2D eigenvalue weighted by atomic mass is 16.3. The Morgan fingerprint density at radius 1 is 1.06 bits per heavy atom. The van der Waals surface area contributed by atoms with E-state index in [0.717, 1.165) is 18.4 Å². The van der Waals surface area contributed by atoms with Gasteiger partial charge in [-0.3, -0.25) is 0 Å². The minimum Gasteiger partial charge on any atom is -0.479 e. The predicted octanol–water partition coefficient (Wildman–Crippen LogP) is 3.82. The van der Waals surface area contributed by atoms with E-state index in [9.17, 15) is 0 Å². The van der Waals surface area contributed by atoms with Crippen LogP contribution in [0.15, 0.2) is 12.4 Å². The van der Waals surface area contributed by atoms with Gasteiger partial charge in [-0.25, -0.2) is 9.97 Å². The maximum Gasteiger partial charge on any atom is 0.313 e. The molecule has 0 spiro atoms. The summed E-state index contributed by atoms with van der Waals surface area (Å²) in [5.74, 6) is 0. The summed E-state index contributed by atoms with van der Waals surface area (Å²) in [6, 6.07) is -0.137. The van der Waals surface area contributed by atoms with Gasteiger partial charge in [-0.2, -0.15) is 0 Å². The van der Waals surface area contributed by atoms with Gasteiger partial charge in [0.25, 0.3) is 0 Å². The van der Waals surface area contributed by atoms with E-state index in [2.05, 4.69) is 30.7 Å². The molecule has 0 bridgehead atoms. The average Bonchev–Trinajstić information content (AvgIpc) is 2.34. The van der Waals surface area contributed by atoms with Crippen LogP contribution in [0.2, 0.25) is 0 Å². The topological polar surface area (TPSA) is 46.0 Å². The van der Waals surface area contributed by atoms with Crippen molar-refractivity contribution in [3.8, 4) is 6.01 Å². The molecule has 0 saturated carbocycles. The fourth-order valence-electron chi connectivity index (χ4n) is 2.18. The van der Waals surface area contributed by atoms with Gasteiger partial charge in [-0.1, -0.05) is 46.5 Å². The molecular weight excluding hydrogens is 212 g/mol. The third-order valence-corrected chi connectivity index (χ3v) is 3.50. The van der Waals surface area contributed by atoms with Crippen LogP contribution in [0.25, 0.3) is 0 Å². The third kappa shape index (κ3) is 3.99. The van der Waals surface area contributed by atoms with Gasteiger partial charge >= 0.3 is 6.01 Å². The first-order chi connectivity index (χ1) is 8.12. The number of unbranched alkanes of at least 4 members (excludes halogenated alkanes) is 2. The normalized spacial score (nSPS) is 11.7. The fourth-order valence-corrected chi connectivity index (χ4v) is 2.18. The Morgan fingerprint density at radius 2 is 1.53 bits per heavy atom. The molecule has 3 nitrogen and oxygen atoms in total. The van der Waals surface area contributed by atoms with E-state index < -0.39 is 0 Å². The number of nitrogens with zero attached hydrogens (tertiary/aromatic N) is 2. The van der Waals surface area contributed by atoms with Crippen LogP contribution in [0.3, 0.4) is 0 Å². The van der Waals surface area contributed by atoms with Gasteiger partial charge in [0.1, 0.15) is 0 Å². The van der Waals surface area contributed by atoms with Gasteiger partial charge in [-0.05, 0) is 23.8 Å². The molecule has 0 aliphatic carbocycles. The second kappa shape index (κ2) is 6.58. The summed E-state index contributed by atoms with van der Waals surface area (Å²) in [4.78, 5) is 7.81. The second-order valence-electron chi connectivity index (χ2n) is 5.04. The minimum atomic E-state index is -0.137. The molecule has 0 radical (unpaired) electrons. The van der Waals surface area contributed by atoms with Crippen molar-refractivity contribution < 1.29 is 5.11 Å². The van der Waals surface area contributed by atoms with Crippen molar-refractivity contribution in [3.05, 3.63) is 18.0 Å². The maximum absolute atomic E-state index is 9.15. The van der Waals surface area contributed by atoms with Crippen LogP contribution in [0.5, 0.6) is 6.01 Å². The Balaban J connectivity index is 2.83. The van der Waals surface area contributed by atoms with E-state index in [1.54, 1.807) is 12.4 Å². The highest BCUT2D eigenvalue weighted by Crippen LogP contribution is 2.34. The van der Waals surface area contributed by atoms with Crippen LogP contribution in [-0.2, 0) is 5.41 Å². The Morgan fingerprint density at radius 3 is 1.94 bits per heavy atom. The smallest absolute Gasteiger partial charge is 0.313 e. The number of hydrogen-bond acceptors (Lipinski definition) is 3. The summed E-state index contributed by atoms with van der Waals surface area (Å²) >= 11 is 0. The monoisotopic (exact) mass is 236 g/mol. The zero-order valence-corrected chi connectivity index (χ0v) is 11.2. The van der Waals surface area contributed by atoms with E-state index in [4.69, 9.17) is 5.11 Å². The molecule has 1 heterocycles. The van der Waals surface area contributed by atoms with Crippen molar-refractivity contribution in [2.45, 2.75) is 64.7 Å². The van der Waals surface area contributed by atoms with Crippen molar-refractivity contribution in [2.24, 2.45) is 0 Å². The summed E-state index contributed by atoms with van der Waals surface area (Å²) in [5, 5.41) is 9.15. The van der Waals surface area contributed by atoms with Crippen molar-refractivity contribution >= 4 is 0 Å². The molecule has 0 aromatic carbocycles. The van der Waals surface area contributed by atoms with Gasteiger partial charge in [0.15, 0.2) is 0 Å². The molecule has 1 aromatic rings. The molecule has 0 saturated heterocycles.